The molecule has 18 heavy (non-hydrogen) atoms. The molecule has 0 amide bonds. The lowest BCUT2D eigenvalue weighted by Crippen LogP contribution is -2.23. The van der Waals surface area contributed by atoms with Crippen LogP contribution in [0.5, 0.6) is 0 Å². The summed E-state index contributed by atoms with van der Waals surface area (Å²) in [6.07, 6.45) is 11.7. The topological polar surface area (TPSA) is 0 Å². The van der Waals surface area contributed by atoms with E-state index in [1.165, 1.54) is 51.4 Å². The predicted octanol–water partition coefficient (Wildman–Crippen LogP) is 7.00. The number of hydrogen-bond donors (Lipinski definition) is 0. The molecule has 0 aliphatic heterocycles. The van der Waals surface area contributed by atoms with Crippen LogP contribution in [0.2, 0.25) is 0 Å². The van der Waals surface area contributed by atoms with Crippen LogP contribution in [0.15, 0.2) is 0 Å². The van der Waals surface area contributed by atoms with Gasteiger partial charge in [0, 0.05) is 5.66 Å². The lowest BCUT2D eigenvalue weighted by molar-refractivity contribution is 0.560. The van der Waals surface area contributed by atoms with Crippen LogP contribution in [0, 0.1) is 0 Å². The highest BCUT2D eigenvalue weighted by Gasteiger charge is 2.33. The van der Waals surface area contributed by atoms with E-state index in [4.69, 9.17) is 34.8 Å². The van der Waals surface area contributed by atoms with Gasteiger partial charge in [-0.3, -0.25) is 0 Å². The number of unbranched alkanes of at least 4 members (excludes halogenated alkanes) is 7. The van der Waals surface area contributed by atoms with Gasteiger partial charge in [0.2, 0.25) is 0 Å². The molecule has 0 radical (unpaired) electrons. The maximum atomic E-state index is 6.04. The van der Waals surface area contributed by atoms with Gasteiger partial charge < -0.3 is 0 Å². The standard InChI is InChI=1S/C14H28Cl3P/c1-4-5-6-7-8-9-10-11-12-13(18(2)3)14(15,16)17/h13H,4-12H2,1-3H3. The lowest BCUT2D eigenvalue weighted by Gasteiger charge is -2.28. The van der Waals surface area contributed by atoms with E-state index in [1.807, 2.05) is 0 Å². The van der Waals surface area contributed by atoms with Crippen LogP contribution in [0.4, 0.5) is 0 Å². The Kier molecular flexibility index (Phi) is 11.8. The molecule has 0 aromatic rings. The second kappa shape index (κ2) is 11.0. The van der Waals surface area contributed by atoms with Gasteiger partial charge in [0.25, 0.3) is 0 Å². The fraction of sp³-hybridized carbons (Fsp3) is 1.00. The second-order valence-corrected chi connectivity index (χ2v) is 10.2. The molecule has 0 aliphatic carbocycles. The zero-order valence-electron chi connectivity index (χ0n) is 12.0. The predicted molar refractivity (Wildman–Crippen MR) is 90.1 cm³/mol. The Bertz CT molecular complexity index is 190. The zero-order chi connectivity index (χ0) is 14.0. The lowest BCUT2D eigenvalue weighted by atomic mass is 10.1. The maximum Gasteiger partial charge on any atom is 0.197 e. The van der Waals surface area contributed by atoms with Crippen LogP contribution >= 0.6 is 42.7 Å². The largest absolute Gasteiger partial charge is 0.197 e. The summed E-state index contributed by atoms with van der Waals surface area (Å²) in [5.41, 5.74) is 0.248. The highest BCUT2D eigenvalue weighted by atomic mass is 35.6. The van der Waals surface area contributed by atoms with E-state index in [2.05, 4.69) is 20.3 Å². The summed E-state index contributed by atoms with van der Waals surface area (Å²) < 4.78 is -1.07. The highest BCUT2D eigenvalue weighted by Crippen LogP contribution is 2.49. The van der Waals surface area contributed by atoms with Gasteiger partial charge in [-0.2, -0.15) is 0 Å². The summed E-state index contributed by atoms with van der Waals surface area (Å²) in [6, 6.07) is 0. The van der Waals surface area contributed by atoms with E-state index in [0.717, 1.165) is 6.42 Å². The van der Waals surface area contributed by atoms with Crippen molar-refractivity contribution in [3.8, 4) is 0 Å². The average molecular weight is 334 g/mol. The van der Waals surface area contributed by atoms with Crippen molar-refractivity contribution in [2.24, 2.45) is 0 Å². The van der Waals surface area contributed by atoms with Crippen LogP contribution < -0.4 is 0 Å². The van der Waals surface area contributed by atoms with Crippen LogP contribution in [0.25, 0.3) is 0 Å². The van der Waals surface area contributed by atoms with E-state index in [-0.39, 0.29) is 13.6 Å². The molecule has 0 nitrogen and oxygen atoms in total. The van der Waals surface area contributed by atoms with Crippen LogP contribution in [0.1, 0.15) is 64.7 Å². The van der Waals surface area contributed by atoms with E-state index < -0.39 is 3.79 Å². The molecule has 0 bridgehead atoms. The molecule has 1 unspecified atom stereocenters. The van der Waals surface area contributed by atoms with E-state index >= 15 is 0 Å². The van der Waals surface area contributed by atoms with E-state index in [0.29, 0.717) is 0 Å². The summed E-state index contributed by atoms with van der Waals surface area (Å²) >= 11 is 18.1. The Morgan fingerprint density at radius 3 is 1.67 bits per heavy atom. The molecule has 0 saturated carbocycles. The molecule has 0 aromatic heterocycles. The third-order valence-corrected chi connectivity index (χ3v) is 6.47. The van der Waals surface area contributed by atoms with Gasteiger partial charge in [-0.15, -0.1) is 7.92 Å². The molecule has 0 N–H and O–H groups in total. The van der Waals surface area contributed by atoms with Gasteiger partial charge in [-0.1, -0.05) is 93.1 Å². The van der Waals surface area contributed by atoms with Gasteiger partial charge in [-0.05, 0) is 19.8 Å². The molecule has 0 aliphatic rings. The first kappa shape index (κ1) is 19.3. The average Bonchev–Trinajstić information content (AvgIpc) is 2.24. The summed E-state index contributed by atoms with van der Waals surface area (Å²) in [5.74, 6) is 0. The molecule has 0 spiro atoms. The van der Waals surface area contributed by atoms with Crippen LogP contribution in [-0.2, 0) is 0 Å². The van der Waals surface area contributed by atoms with Crippen molar-refractivity contribution in [2.45, 2.75) is 74.2 Å². The van der Waals surface area contributed by atoms with Crippen molar-refractivity contribution < 1.29 is 0 Å². The van der Waals surface area contributed by atoms with Gasteiger partial charge >= 0.3 is 0 Å². The van der Waals surface area contributed by atoms with Crippen molar-refractivity contribution in [2.75, 3.05) is 13.3 Å². The first-order valence-corrected chi connectivity index (χ1v) is 10.6. The quantitative estimate of drug-likeness (QED) is 0.229. The summed E-state index contributed by atoms with van der Waals surface area (Å²) in [7, 11) is -0.180. The fourth-order valence-corrected chi connectivity index (χ4v) is 5.55. The van der Waals surface area contributed by atoms with Gasteiger partial charge in [0.1, 0.15) is 0 Å². The SMILES string of the molecule is CCCCCCCCCCC(P(C)C)C(Cl)(Cl)Cl. The van der Waals surface area contributed by atoms with E-state index in [1.54, 1.807) is 0 Å². The minimum Gasteiger partial charge on any atom is -0.106 e. The van der Waals surface area contributed by atoms with Crippen molar-refractivity contribution in [1.82, 2.24) is 0 Å². The Labute approximate surface area is 130 Å². The summed E-state index contributed by atoms with van der Waals surface area (Å²) in [5, 5.41) is 0. The van der Waals surface area contributed by atoms with E-state index in [9.17, 15) is 0 Å². The molecule has 0 fully saturated rings. The number of hydrogen-bond acceptors (Lipinski definition) is 0. The maximum absolute atomic E-state index is 6.04. The zero-order valence-corrected chi connectivity index (χ0v) is 15.2. The normalized spacial score (nSPS) is 14.2. The number of halogens is 3. The van der Waals surface area contributed by atoms with Crippen molar-refractivity contribution in [1.29, 1.82) is 0 Å². The molecule has 4 heteroatoms. The molecule has 0 heterocycles. The van der Waals surface area contributed by atoms with Crippen molar-refractivity contribution in [3.05, 3.63) is 0 Å². The van der Waals surface area contributed by atoms with Gasteiger partial charge in [0.05, 0.1) is 0 Å². The van der Waals surface area contributed by atoms with Crippen molar-refractivity contribution >= 4 is 42.7 Å². The second-order valence-electron chi connectivity index (χ2n) is 5.28. The molecule has 1 atom stereocenters. The summed E-state index contributed by atoms with van der Waals surface area (Å²) in [4.78, 5) is 0. The summed E-state index contributed by atoms with van der Waals surface area (Å²) in [6.45, 7) is 6.66. The molecule has 0 aromatic carbocycles. The minimum atomic E-state index is -1.07. The van der Waals surface area contributed by atoms with Crippen molar-refractivity contribution in [3.63, 3.8) is 0 Å². The Morgan fingerprint density at radius 1 is 0.833 bits per heavy atom. The highest BCUT2D eigenvalue weighted by molar-refractivity contribution is 7.57. The van der Waals surface area contributed by atoms with Crippen LogP contribution in [-0.4, -0.2) is 22.8 Å². The molecular weight excluding hydrogens is 305 g/mol. The number of rotatable bonds is 10. The van der Waals surface area contributed by atoms with Gasteiger partial charge in [-0.25, -0.2) is 0 Å². The molecular formula is C14H28Cl3P. The first-order chi connectivity index (χ1) is 8.39. The van der Waals surface area contributed by atoms with Gasteiger partial charge in [0.15, 0.2) is 3.79 Å². The third kappa shape index (κ3) is 10.1. The first-order valence-electron chi connectivity index (χ1n) is 7.12. The monoisotopic (exact) mass is 332 g/mol. The Morgan fingerprint density at radius 2 is 1.28 bits per heavy atom. The molecule has 0 saturated heterocycles. The minimum absolute atomic E-state index is 0.180. The Hall–Kier alpha value is 1.30. The molecule has 0 rings (SSSR count). The van der Waals surface area contributed by atoms with Crippen LogP contribution in [0.3, 0.4) is 0 Å². The fourth-order valence-electron chi connectivity index (χ4n) is 2.19. The third-order valence-electron chi connectivity index (χ3n) is 3.33. The smallest absolute Gasteiger partial charge is 0.106 e. The Balaban J connectivity index is 3.57. The molecule has 110 valence electrons. The number of alkyl halides is 3.